The zero-order valence-corrected chi connectivity index (χ0v) is 10.3. The van der Waals surface area contributed by atoms with Gasteiger partial charge in [-0.1, -0.05) is 24.3 Å². The van der Waals surface area contributed by atoms with Crippen LogP contribution in [0.2, 0.25) is 0 Å². The maximum atomic E-state index is 9.42. The first-order valence-corrected chi connectivity index (χ1v) is 6.03. The second kappa shape index (κ2) is 7.42. The van der Waals surface area contributed by atoms with E-state index < -0.39 is 0 Å². The third kappa shape index (κ3) is 3.95. The molecule has 0 aliphatic heterocycles. The molecule has 1 rings (SSSR count). The molecular formula is C14H22O2. The van der Waals surface area contributed by atoms with Crippen LogP contribution in [0.15, 0.2) is 24.3 Å². The van der Waals surface area contributed by atoms with Crippen LogP contribution >= 0.6 is 0 Å². The minimum atomic E-state index is 0.219. The summed E-state index contributed by atoms with van der Waals surface area (Å²) in [5.74, 6) is 0.252. The predicted octanol–water partition coefficient (Wildman–Crippen LogP) is 2.89. The number of hydrogen-bond donors (Lipinski definition) is 1. The Morgan fingerprint density at radius 2 is 2.06 bits per heavy atom. The van der Waals surface area contributed by atoms with Crippen molar-refractivity contribution >= 4 is 0 Å². The van der Waals surface area contributed by atoms with Crippen LogP contribution in [0.25, 0.3) is 0 Å². The molecule has 1 unspecified atom stereocenters. The molecule has 1 aromatic carbocycles. The first kappa shape index (κ1) is 13.2. The summed E-state index contributed by atoms with van der Waals surface area (Å²) >= 11 is 0. The lowest BCUT2D eigenvalue weighted by molar-refractivity contribution is 0.138. The Morgan fingerprint density at radius 1 is 1.31 bits per heavy atom. The molecule has 0 saturated heterocycles. The van der Waals surface area contributed by atoms with Crippen LogP contribution in [-0.2, 0) is 4.74 Å². The lowest BCUT2D eigenvalue weighted by Gasteiger charge is -2.16. The van der Waals surface area contributed by atoms with Gasteiger partial charge in [-0.25, -0.2) is 0 Å². The Kier molecular flexibility index (Phi) is 6.12. The lowest BCUT2D eigenvalue weighted by Crippen LogP contribution is -2.07. The van der Waals surface area contributed by atoms with Gasteiger partial charge in [0.25, 0.3) is 0 Å². The normalized spacial score (nSPS) is 12.7. The number of aliphatic hydroxyl groups excluding tert-OH is 1. The van der Waals surface area contributed by atoms with Crippen molar-refractivity contribution in [1.82, 2.24) is 0 Å². The first-order valence-electron chi connectivity index (χ1n) is 6.03. The number of hydrogen-bond acceptors (Lipinski definition) is 2. The minimum Gasteiger partial charge on any atom is -0.396 e. The molecule has 0 saturated carbocycles. The molecule has 0 amide bonds. The van der Waals surface area contributed by atoms with Gasteiger partial charge in [0, 0.05) is 25.7 Å². The molecule has 1 N–H and O–H groups in total. The van der Waals surface area contributed by atoms with E-state index in [2.05, 4.69) is 19.1 Å². The Labute approximate surface area is 98.3 Å². The number of ether oxygens (including phenoxy) is 1. The van der Waals surface area contributed by atoms with Gasteiger partial charge in [-0.05, 0) is 37.8 Å². The summed E-state index contributed by atoms with van der Waals surface area (Å²) in [5.41, 5.74) is 2.53. The molecule has 0 aliphatic carbocycles. The second-order valence-electron chi connectivity index (χ2n) is 4.08. The average molecular weight is 222 g/mol. The van der Waals surface area contributed by atoms with Gasteiger partial charge in [-0.15, -0.1) is 0 Å². The molecule has 0 aliphatic rings. The van der Waals surface area contributed by atoms with Crippen LogP contribution in [0.3, 0.4) is 0 Å². The Hall–Kier alpha value is -0.860. The van der Waals surface area contributed by atoms with Gasteiger partial charge in [0.1, 0.15) is 0 Å². The molecule has 0 heterocycles. The molecule has 90 valence electrons. The summed E-state index contributed by atoms with van der Waals surface area (Å²) in [6.07, 6.45) is 1.99. The van der Waals surface area contributed by atoms with Crippen LogP contribution in [0.5, 0.6) is 0 Å². The van der Waals surface area contributed by atoms with E-state index in [1.54, 1.807) is 0 Å². The van der Waals surface area contributed by atoms with E-state index in [9.17, 15) is 5.11 Å². The molecule has 2 nitrogen and oxygen atoms in total. The second-order valence-corrected chi connectivity index (χ2v) is 4.08. The molecular weight excluding hydrogens is 200 g/mol. The fourth-order valence-electron chi connectivity index (χ4n) is 1.97. The molecule has 0 fully saturated rings. The van der Waals surface area contributed by atoms with E-state index >= 15 is 0 Å². The molecule has 0 radical (unpaired) electrons. The van der Waals surface area contributed by atoms with Gasteiger partial charge < -0.3 is 9.84 Å². The molecule has 0 spiro atoms. The average Bonchev–Trinajstić information content (AvgIpc) is 2.31. The highest BCUT2D eigenvalue weighted by molar-refractivity contribution is 5.29. The summed E-state index contributed by atoms with van der Waals surface area (Å²) < 4.78 is 5.31. The maximum Gasteiger partial charge on any atom is 0.0499 e. The summed E-state index contributed by atoms with van der Waals surface area (Å²) in [7, 11) is 0. The quantitative estimate of drug-likeness (QED) is 0.719. The smallest absolute Gasteiger partial charge is 0.0499 e. The van der Waals surface area contributed by atoms with Gasteiger partial charge >= 0.3 is 0 Å². The van der Waals surface area contributed by atoms with E-state index in [1.165, 1.54) is 11.1 Å². The van der Waals surface area contributed by atoms with Gasteiger partial charge in [-0.3, -0.25) is 0 Å². The van der Waals surface area contributed by atoms with E-state index in [0.717, 1.165) is 26.1 Å². The van der Waals surface area contributed by atoms with E-state index in [4.69, 9.17) is 4.74 Å². The van der Waals surface area contributed by atoms with Crippen molar-refractivity contribution in [3.63, 3.8) is 0 Å². The SMILES string of the molecule is CCOCCCC(CO)c1ccccc1C. The predicted molar refractivity (Wildman–Crippen MR) is 66.7 cm³/mol. The van der Waals surface area contributed by atoms with Crippen LogP contribution in [0.1, 0.15) is 36.8 Å². The monoisotopic (exact) mass is 222 g/mol. The fourth-order valence-corrected chi connectivity index (χ4v) is 1.97. The van der Waals surface area contributed by atoms with E-state index in [0.29, 0.717) is 0 Å². The Morgan fingerprint density at radius 3 is 2.69 bits per heavy atom. The summed E-state index contributed by atoms with van der Waals surface area (Å²) in [5, 5.41) is 9.42. The number of benzene rings is 1. The van der Waals surface area contributed by atoms with E-state index in [-0.39, 0.29) is 12.5 Å². The van der Waals surface area contributed by atoms with Crippen LogP contribution in [-0.4, -0.2) is 24.9 Å². The number of aryl methyl sites for hydroxylation is 1. The van der Waals surface area contributed by atoms with Gasteiger partial charge in [0.2, 0.25) is 0 Å². The standard InChI is InChI=1S/C14H22O2/c1-3-16-10-6-8-13(11-15)14-9-5-4-7-12(14)2/h4-5,7,9,13,15H,3,6,8,10-11H2,1-2H3. The van der Waals surface area contributed by atoms with Crippen molar-refractivity contribution in [2.75, 3.05) is 19.8 Å². The summed E-state index contributed by atoms with van der Waals surface area (Å²) in [6, 6.07) is 8.28. The highest BCUT2D eigenvalue weighted by atomic mass is 16.5. The Balaban J connectivity index is 2.51. The highest BCUT2D eigenvalue weighted by Crippen LogP contribution is 2.23. The van der Waals surface area contributed by atoms with Crippen molar-refractivity contribution in [3.05, 3.63) is 35.4 Å². The summed E-state index contributed by atoms with van der Waals surface area (Å²) in [6.45, 7) is 5.88. The molecule has 1 aromatic rings. The van der Waals surface area contributed by atoms with Crippen molar-refractivity contribution in [2.45, 2.75) is 32.6 Å². The zero-order chi connectivity index (χ0) is 11.8. The van der Waals surface area contributed by atoms with Crippen molar-refractivity contribution in [1.29, 1.82) is 0 Å². The minimum absolute atomic E-state index is 0.219. The largest absolute Gasteiger partial charge is 0.396 e. The van der Waals surface area contributed by atoms with Gasteiger partial charge in [0.05, 0.1) is 0 Å². The Bertz CT molecular complexity index is 297. The van der Waals surface area contributed by atoms with E-state index in [1.807, 2.05) is 19.1 Å². The third-order valence-electron chi connectivity index (χ3n) is 2.89. The molecule has 0 bridgehead atoms. The van der Waals surface area contributed by atoms with Gasteiger partial charge in [-0.2, -0.15) is 0 Å². The van der Waals surface area contributed by atoms with Crippen LogP contribution in [0.4, 0.5) is 0 Å². The topological polar surface area (TPSA) is 29.5 Å². The lowest BCUT2D eigenvalue weighted by atomic mass is 9.92. The van der Waals surface area contributed by atoms with Crippen molar-refractivity contribution < 1.29 is 9.84 Å². The summed E-state index contributed by atoms with van der Waals surface area (Å²) in [4.78, 5) is 0. The number of aliphatic hydroxyl groups is 1. The third-order valence-corrected chi connectivity index (χ3v) is 2.89. The fraction of sp³-hybridized carbons (Fsp3) is 0.571. The molecule has 0 aromatic heterocycles. The number of rotatable bonds is 7. The van der Waals surface area contributed by atoms with Crippen LogP contribution in [0, 0.1) is 6.92 Å². The van der Waals surface area contributed by atoms with Crippen molar-refractivity contribution in [2.24, 2.45) is 0 Å². The maximum absolute atomic E-state index is 9.42. The first-order chi connectivity index (χ1) is 7.79. The van der Waals surface area contributed by atoms with Gasteiger partial charge in [0.15, 0.2) is 0 Å². The molecule has 1 atom stereocenters. The zero-order valence-electron chi connectivity index (χ0n) is 10.3. The molecule has 16 heavy (non-hydrogen) atoms. The highest BCUT2D eigenvalue weighted by Gasteiger charge is 2.11. The van der Waals surface area contributed by atoms with Crippen LogP contribution < -0.4 is 0 Å². The molecule has 2 heteroatoms. The van der Waals surface area contributed by atoms with Crippen molar-refractivity contribution in [3.8, 4) is 0 Å².